The molecule has 24 heavy (non-hydrogen) atoms. The van der Waals surface area contributed by atoms with E-state index in [0.29, 0.717) is 26.2 Å². The predicted octanol–water partition coefficient (Wildman–Crippen LogP) is 2.50. The predicted molar refractivity (Wildman–Crippen MR) is 90.8 cm³/mol. The number of nitrogens with zero attached hydrogens (tertiary/aromatic N) is 2. The smallest absolute Gasteiger partial charge is 0.411 e. The molecule has 1 aromatic carbocycles. The summed E-state index contributed by atoms with van der Waals surface area (Å²) in [5.74, 6) is -1.00. The van der Waals surface area contributed by atoms with Crippen LogP contribution < -0.4 is 0 Å². The van der Waals surface area contributed by atoms with Gasteiger partial charge in [0.2, 0.25) is 0 Å². The van der Waals surface area contributed by atoms with E-state index in [4.69, 9.17) is 4.74 Å². The first-order valence-corrected chi connectivity index (χ1v) is 8.16. The number of hydrogen-bond acceptors (Lipinski definition) is 4. The zero-order chi connectivity index (χ0) is 17.9. The molecule has 6 nitrogen and oxygen atoms in total. The minimum absolute atomic E-state index is 0.295. The molecule has 0 bridgehead atoms. The van der Waals surface area contributed by atoms with Gasteiger partial charge in [0.05, 0.1) is 0 Å². The lowest BCUT2D eigenvalue weighted by Crippen LogP contribution is -2.58. The summed E-state index contributed by atoms with van der Waals surface area (Å²) in [6.07, 6.45) is -0.564. The number of aliphatic carboxylic acids is 1. The lowest BCUT2D eigenvalue weighted by Gasteiger charge is -2.39. The molecule has 1 heterocycles. The van der Waals surface area contributed by atoms with Crippen LogP contribution in [0.5, 0.6) is 0 Å². The van der Waals surface area contributed by atoms with Gasteiger partial charge in [-0.2, -0.15) is 0 Å². The van der Waals surface area contributed by atoms with Crippen molar-refractivity contribution in [2.75, 3.05) is 19.6 Å². The van der Waals surface area contributed by atoms with Crippen molar-refractivity contribution in [2.24, 2.45) is 0 Å². The molecule has 1 N–H and O–H groups in total. The Morgan fingerprint density at radius 2 is 1.92 bits per heavy atom. The average molecular weight is 334 g/mol. The molecule has 132 valence electrons. The number of benzene rings is 1. The van der Waals surface area contributed by atoms with Crippen LogP contribution in [0.15, 0.2) is 24.3 Å². The van der Waals surface area contributed by atoms with Crippen molar-refractivity contribution in [1.82, 2.24) is 9.80 Å². The van der Waals surface area contributed by atoms with Crippen molar-refractivity contribution < 1.29 is 19.4 Å². The lowest BCUT2D eigenvalue weighted by molar-refractivity contribution is -0.145. The van der Waals surface area contributed by atoms with E-state index in [0.717, 1.165) is 0 Å². The highest BCUT2D eigenvalue weighted by molar-refractivity contribution is 5.80. The molecule has 1 aliphatic rings. The maximum absolute atomic E-state index is 12.3. The second kappa shape index (κ2) is 7.21. The molecule has 0 radical (unpaired) electrons. The summed E-state index contributed by atoms with van der Waals surface area (Å²) < 4.78 is 5.34. The molecule has 0 saturated carbocycles. The highest BCUT2D eigenvalue weighted by Crippen LogP contribution is 2.18. The zero-order valence-corrected chi connectivity index (χ0v) is 14.8. The van der Waals surface area contributed by atoms with E-state index in [1.165, 1.54) is 16.0 Å². The van der Waals surface area contributed by atoms with Crippen molar-refractivity contribution in [2.45, 2.75) is 45.9 Å². The Morgan fingerprint density at radius 1 is 1.25 bits per heavy atom. The molecule has 2 rings (SSSR count). The number of carbonyl (C=O) groups excluding carboxylic acids is 1. The van der Waals surface area contributed by atoms with Gasteiger partial charge in [-0.25, -0.2) is 9.59 Å². The molecule has 1 atom stereocenters. The Labute approximate surface area is 143 Å². The number of aryl methyl sites for hydroxylation is 1. The molecule has 0 spiro atoms. The summed E-state index contributed by atoms with van der Waals surface area (Å²) in [5, 5.41) is 9.52. The largest absolute Gasteiger partial charge is 0.480 e. The molecule has 1 aromatic rings. The van der Waals surface area contributed by atoms with Gasteiger partial charge in [0.25, 0.3) is 0 Å². The number of carboxylic acids is 1. The molecular formula is C18H26N2O4. The maximum atomic E-state index is 12.3. The van der Waals surface area contributed by atoms with Crippen molar-refractivity contribution in [1.29, 1.82) is 0 Å². The number of piperazine rings is 1. The highest BCUT2D eigenvalue weighted by atomic mass is 16.6. The van der Waals surface area contributed by atoms with Crippen LogP contribution in [-0.2, 0) is 16.1 Å². The Balaban J connectivity index is 2.06. The summed E-state index contributed by atoms with van der Waals surface area (Å²) in [4.78, 5) is 27.3. The molecular weight excluding hydrogens is 308 g/mol. The van der Waals surface area contributed by atoms with Crippen molar-refractivity contribution in [3.05, 3.63) is 35.4 Å². The first-order chi connectivity index (χ1) is 11.2. The van der Waals surface area contributed by atoms with Crippen LogP contribution in [0.25, 0.3) is 0 Å². The van der Waals surface area contributed by atoms with Crippen molar-refractivity contribution in [3.63, 3.8) is 0 Å². The number of rotatable bonds is 3. The van der Waals surface area contributed by atoms with E-state index in [1.807, 2.05) is 31.2 Å². The van der Waals surface area contributed by atoms with Gasteiger partial charge < -0.3 is 9.84 Å². The number of carbonyl (C=O) groups is 2. The Kier molecular flexibility index (Phi) is 5.49. The van der Waals surface area contributed by atoms with Crippen molar-refractivity contribution >= 4 is 12.1 Å². The van der Waals surface area contributed by atoms with E-state index >= 15 is 0 Å². The van der Waals surface area contributed by atoms with Crippen LogP contribution in [0.3, 0.4) is 0 Å². The van der Waals surface area contributed by atoms with Gasteiger partial charge in [0, 0.05) is 26.2 Å². The number of ether oxygens (including phenoxy) is 1. The van der Waals surface area contributed by atoms with E-state index < -0.39 is 23.7 Å². The summed E-state index contributed by atoms with van der Waals surface area (Å²) in [6.45, 7) is 9.30. The van der Waals surface area contributed by atoms with Gasteiger partial charge >= 0.3 is 12.1 Å². The maximum Gasteiger partial charge on any atom is 0.411 e. The fraction of sp³-hybridized carbons (Fsp3) is 0.556. The quantitative estimate of drug-likeness (QED) is 0.920. The van der Waals surface area contributed by atoms with Crippen LogP contribution in [0.2, 0.25) is 0 Å². The van der Waals surface area contributed by atoms with Gasteiger partial charge in [-0.1, -0.05) is 24.3 Å². The van der Waals surface area contributed by atoms with Gasteiger partial charge in [-0.15, -0.1) is 0 Å². The second-order valence-corrected chi connectivity index (χ2v) is 7.19. The summed E-state index contributed by atoms with van der Waals surface area (Å²) in [6, 6.07) is 7.16. The Morgan fingerprint density at radius 3 is 2.50 bits per heavy atom. The number of carboxylic acid groups (broad SMARTS) is 1. The summed E-state index contributed by atoms with van der Waals surface area (Å²) in [5.41, 5.74) is 1.71. The summed E-state index contributed by atoms with van der Waals surface area (Å²) >= 11 is 0. The van der Waals surface area contributed by atoms with Gasteiger partial charge in [-0.05, 0) is 38.8 Å². The molecule has 0 aromatic heterocycles. The second-order valence-electron chi connectivity index (χ2n) is 7.19. The fourth-order valence-electron chi connectivity index (χ4n) is 2.76. The van der Waals surface area contributed by atoms with E-state index in [2.05, 4.69) is 4.90 Å². The normalized spacial score (nSPS) is 19.2. The van der Waals surface area contributed by atoms with E-state index in [1.54, 1.807) is 20.8 Å². The molecule has 0 aliphatic carbocycles. The fourth-order valence-corrected chi connectivity index (χ4v) is 2.76. The van der Waals surface area contributed by atoms with E-state index in [-0.39, 0.29) is 0 Å². The Hall–Kier alpha value is -2.08. The van der Waals surface area contributed by atoms with Crippen LogP contribution in [0.1, 0.15) is 31.9 Å². The number of amides is 1. The minimum Gasteiger partial charge on any atom is -0.480 e. The SMILES string of the molecule is Cc1ccccc1CN1CCN(C(=O)OC(C)(C)C)C(C(=O)O)C1. The molecule has 1 aliphatic heterocycles. The third-order valence-corrected chi connectivity index (χ3v) is 4.03. The molecule has 1 fully saturated rings. The van der Waals surface area contributed by atoms with Crippen molar-refractivity contribution in [3.8, 4) is 0 Å². The molecule has 1 unspecified atom stereocenters. The molecule has 1 amide bonds. The molecule has 1 saturated heterocycles. The van der Waals surface area contributed by atoms with Gasteiger partial charge in [0.1, 0.15) is 11.6 Å². The number of hydrogen-bond donors (Lipinski definition) is 1. The highest BCUT2D eigenvalue weighted by Gasteiger charge is 2.37. The third-order valence-electron chi connectivity index (χ3n) is 4.03. The lowest BCUT2D eigenvalue weighted by atomic mass is 10.1. The van der Waals surface area contributed by atoms with Crippen LogP contribution in [-0.4, -0.2) is 58.2 Å². The zero-order valence-electron chi connectivity index (χ0n) is 14.8. The van der Waals surface area contributed by atoms with Gasteiger partial charge in [-0.3, -0.25) is 9.80 Å². The Bertz CT molecular complexity index is 609. The third kappa shape index (κ3) is 4.71. The summed E-state index contributed by atoms with van der Waals surface area (Å²) in [7, 11) is 0. The van der Waals surface area contributed by atoms with Crippen LogP contribution in [0, 0.1) is 6.92 Å². The first-order valence-electron chi connectivity index (χ1n) is 8.16. The minimum atomic E-state index is -1.00. The van der Waals surface area contributed by atoms with Gasteiger partial charge in [0.15, 0.2) is 0 Å². The average Bonchev–Trinajstić information content (AvgIpc) is 2.47. The molecule has 6 heteroatoms. The van der Waals surface area contributed by atoms with E-state index in [9.17, 15) is 14.7 Å². The standard InChI is InChI=1S/C18H26N2O4/c1-13-7-5-6-8-14(13)11-19-9-10-20(15(12-19)16(21)22)17(23)24-18(2,3)4/h5-8,15H,9-12H2,1-4H3,(H,21,22). The first kappa shape index (κ1) is 18.3. The van der Waals surface area contributed by atoms with Crippen LogP contribution >= 0.6 is 0 Å². The van der Waals surface area contributed by atoms with Crippen LogP contribution in [0.4, 0.5) is 4.79 Å². The topological polar surface area (TPSA) is 70.1 Å². The monoisotopic (exact) mass is 334 g/mol.